The summed E-state index contributed by atoms with van der Waals surface area (Å²) in [7, 11) is 0. The van der Waals surface area contributed by atoms with Crippen LogP contribution in [0.5, 0.6) is 0 Å². The van der Waals surface area contributed by atoms with Gasteiger partial charge in [0.25, 0.3) is 5.91 Å². The summed E-state index contributed by atoms with van der Waals surface area (Å²) >= 11 is 2.62. The zero-order chi connectivity index (χ0) is 25.7. The molecule has 3 amide bonds. The largest absolute Gasteiger partial charge is 1.00 e. The number of H-pyrrole nitrogens is 1. The zero-order valence-electron chi connectivity index (χ0n) is 21.5. The molecule has 6 rings (SSSR count). The molecule has 0 spiro atoms. The molecule has 4 aliphatic rings. The Morgan fingerprint density at radius 1 is 1.29 bits per heavy atom. The third kappa shape index (κ3) is 4.99. The van der Waals surface area contributed by atoms with E-state index in [0.717, 1.165) is 18.4 Å². The van der Waals surface area contributed by atoms with Crippen LogP contribution in [0.2, 0.25) is 0 Å². The summed E-state index contributed by atoms with van der Waals surface area (Å²) in [4.78, 5) is 60.2. The molecule has 194 valence electrons. The van der Waals surface area contributed by atoms with Crippen molar-refractivity contribution in [3.8, 4) is 0 Å². The molecule has 2 aromatic heterocycles. The van der Waals surface area contributed by atoms with Gasteiger partial charge in [-0.05, 0) is 42.7 Å². The van der Waals surface area contributed by atoms with Crippen LogP contribution < -0.4 is 40.2 Å². The van der Waals surface area contributed by atoms with Crippen molar-refractivity contribution in [2.75, 3.05) is 18.1 Å². The number of carboxylic acids is 1. The van der Waals surface area contributed by atoms with Crippen molar-refractivity contribution in [1.82, 2.24) is 35.7 Å². The molecule has 0 bridgehead atoms. The van der Waals surface area contributed by atoms with E-state index in [-0.39, 0.29) is 54.2 Å². The first-order valence-electron chi connectivity index (χ1n) is 11.9. The molecule has 38 heavy (non-hydrogen) atoms. The van der Waals surface area contributed by atoms with Crippen molar-refractivity contribution in [2.24, 2.45) is 5.92 Å². The molecular weight excluding hydrogens is 541 g/mol. The number of hydrogen-bond acceptors (Lipinski definition) is 9. The fourth-order valence-corrected chi connectivity index (χ4v) is 7.07. The Morgan fingerprint density at radius 2 is 2.11 bits per heavy atom. The Bertz CT molecular complexity index is 1410. The Morgan fingerprint density at radius 3 is 2.82 bits per heavy atom. The second kappa shape index (κ2) is 11.0. The molecule has 2 atom stereocenters. The van der Waals surface area contributed by atoms with E-state index in [1.165, 1.54) is 34.8 Å². The first-order chi connectivity index (χ1) is 17.9. The molecule has 0 unspecified atom stereocenters. The van der Waals surface area contributed by atoms with Crippen LogP contribution in [-0.4, -0.2) is 83.3 Å². The minimum Gasteiger partial charge on any atom is -1.00 e. The minimum absolute atomic E-state index is 0. The van der Waals surface area contributed by atoms with Crippen molar-refractivity contribution in [1.29, 1.82) is 0 Å². The number of aromatic amines is 1. The first-order valence-corrected chi connectivity index (χ1v) is 13.9. The van der Waals surface area contributed by atoms with E-state index in [1.54, 1.807) is 6.20 Å². The molecule has 3 aliphatic heterocycles. The number of β-lactam (4-membered cyclic amide) rings is 1. The number of allylic oxidation sites excluding steroid dienone is 1. The summed E-state index contributed by atoms with van der Waals surface area (Å²) < 4.78 is 0. The van der Waals surface area contributed by atoms with E-state index in [0.29, 0.717) is 58.3 Å². The Labute approximate surface area is 249 Å². The van der Waals surface area contributed by atoms with E-state index in [1.807, 2.05) is 0 Å². The van der Waals surface area contributed by atoms with Gasteiger partial charge in [0.1, 0.15) is 28.5 Å². The molecular formula is C23H24N7NaO5S2. The maximum atomic E-state index is 13.1. The number of thioether (sulfide) groups is 2. The molecule has 12 nitrogen and oxygen atoms in total. The summed E-state index contributed by atoms with van der Waals surface area (Å²) in [5.41, 5.74) is 2.45. The molecule has 0 radical (unpaired) electrons. The zero-order valence-corrected chi connectivity index (χ0v) is 24.2. The average molecular weight is 566 g/mol. The van der Waals surface area contributed by atoms with Crippen molar-refractivity contribution < 1.29 is 55.3 Å². The SMILES string of the molecule is O=C(CSc1ncnc2[nH]ncc12)N[C@@H]1C(=O)N2C(C(=O)O)=C(C(CC3CC3)=C3CCNC3=O)CS[C@H]12.[H-].[Na+]. The number of carbonyl (C=O) groups is 4. The van der Waals surface area contributed by atoms with Crippen molar-refractivity contribution in [2.45, 2.75) is 42.1 Å². The molecule has 15 heteroatoms. The topological polar surface area (TPSA) is 170 Å². The van der Waals surface area contributed by atoms with Gasteiger partial charge in [-0.3, -0.25) is 24.4 Å². The Hall–Kier alpha value is -2.39. The predicted octanol–water partition coefficient (Wildman–Crippen LogP) is -2.08. The van der Waals surface area contributed by atoms with E-state index in [9.17, 15) is 24.3 Å². The molecule has 3 fully saturated rings. The Balaban J connectivity index is 0.00000176. The number of carbonyl (C=O) groups excluding carboxylic acids is 3. The van der Waals surface area contributed by atoms with Gasteiger partial charge in [-0.15, -0.1) is 11.8 Å². The second-order valence-electron chi connectivity index (χ2n) is 9.30. The van der Waals surface area contributed by atoms with Crippen LogP contribution in [0.25, 0.3) is 11.0 Å². The normalized spacial score (nSPS) is 23.9. The molecule has 1 aliphatic carbocycles. The molecule has 2 aromatic rings. The van der Waals surface area contributed by atoms with Crippen LogP contribution in [0, 0.1) is 5.92 Å². The quantitative estimate of drug-likeness (QED) is 0.0916. The summed E-state index contributed by atoms with van der Waals surface area (Å²) in [6, 6.07) is -0.817. The van der Waals surface area contributed by atoms with E-state index < -0.39 is 23.3 Å². The standard InChI is InChI=1S/C23H23N7O5S2.Na.H/c31-15(8-36-20-13-6-27-29-18(13)25-9-26-20)28-16-21(33)30-17(23(34)35)14(7-37-22(16)30)12(5-10-1-2-10)11-3-4-24-19(11)32;;/h6,9-10,16,22H,1-5,7-8H2,(H,24,32)(H,28,31)(H,34,35)(H,25,26,27,29);;/q;+1;-1/t16-,22-;;/m1../s1. The van der Waals surface area contributed by atoms with Crippen molar-refractivity contribution >= 4 is 58.2 Å². The number of aromatic nitrogens is 4. The minimum atomic E-state index is -1.20. The number of nitrogens with one attached hydrogen (secondary N) is 3. The van der Waals surface area contributed by atoms with Gasteiger partial charge in [-0.1, -0.05) is 11.8 Å². The summed E-state index contributed by atoms with van der Waals surface area (Å²) in [6.45, 7) is 0.531. The fourth-order valence-electron chi connectivity index (χ4n) is 4.91. The number of rotatable bonds is 8. The maximum Gasteiger partial charge on any atom is 1.00 e. The first kappa shape index (κ1) is 27.2. The monoisotopic (exact) mass is 565 g/mol. The number of nitrogens with zero attached hydrogens (tertiary/aromatic N) is 4. The van der Waals surface area contributed by atoms with Gasteiger partial charge in [0.2, 0.25) is 11.8 Å². The van der Waals surface area contributed by atoms with Crippen LogP contribution in [-0.2, 0) is 19.2 Å². The van der Waals surface area contributed by atoms with Crippen molar-refractivity contribution in [3.63, 3.8) is 0 Å². The van der Waals surface area contributed by atoms with Gasteiger partial charge in [0.15, 0.2) is 5.65 Å². The van der Waals surface area contributed by atoms with E-state index in [4.69, 9.17) is 0 Å². The summed E-state index contributed by atoms with van der Waals surface area (Å²) in [5.74, 6) is -1.35. The smallest absolute Gasteiger partial charge is 1.00 e. The molecule has 5 heterocycles. The predicted molar refractivity (Wildman–Crippen MR) is 135 cm³/mol. The van der Waals surface area contributed by atoms with Gasteiger partial charge in [-0.2, -0.15) is 5.10 Å². The van der Waals surface area contributed by atoms with Gasteiger partial charge < -0.3 is 17.2 Å². The molecule has 2 saturated heterocycles. The average Bonchev–Trinajstić information content (AvgIpc) is 3.39. The third-order valence-electron chi connectivity index (χ3n) is 6.89. The maximum absolute atomic E-state index is 13.1. The van der Waals surface area contributed by atoms with E-state index >= 15 is 0 Å². The number of carboxylic acid groups (broad SMARTS) is 1. The Kier molecular flexibility index (Phi) is 7.87. The number of aliphatic carboxylic acids is 1. The number of fused-ring (bicyclic) bond motifs is 2. The number of amides is 3. The van der Waals surface area contributed by atoms with Gasteiger partial charge in [0, 0.05) is 17.9 Å². The van der Waals surface area contributed by atoms with Crippen LogP contribution in [0.15, 0.2) is 40.0 Å². The second-order valence-corrected chi connectivity index (χ2v) is 11.4. The van der Waals surface area contributed by atoms with Crippen LogP contribution in [0.1, 0.15) is 27.1 Å². The fraction of sp³-hybridized carbons (Fsp3) is 0.435. The molecule has 4 N–H and O–H groups in total. The van der Waals surface area contributed by atoms with Gasteiger partial charge >= 0.3 is 35.5 Å². The summed E-state index contributed by atoms with van der Waals surface area (Å²) in [5, 5.41) is 23.1. The van der Waals surface area contributed by atoms with Gasteiger partial charge in [-0.25, -0.2) is 14.8 Å². The van der Waals surface area contributed by atoms with Gasteiger partial charge in [0.05, 0.1) is 17.3 Å². The van der Waals surface area contributed by atoms with Crippen LogP contribution in [0.4, 0.5) is 0 Å². The molecule has 1 saturated carbocycles. The summed E-state index contributed by atoms with van der Waals surface area (Å²) in [6.07, 6.45) is 6.27. The third-order valence-corrected chi connectivity index (χ3v) is 9.18. The van der Waals surface area contributed by atoms with E-state index in [2.05, 4.69) is 30.8 Å². The molecule has 0 aromatic carbocycles. The van der Waals surface area contributed by atoms with Crippen LogP contribution >= 0.6 is 23.5 Å². The van der Waals surface area contributed by atoms with Crippen molar-refractivity contribution in [3.05, 3.63) is 34.9 Å². The van der Waals surface area contributed by atoms with Crippen LogP contribution in [0.3, 0.4) is 0 Å². The number of hydrogen-bond donors (Lipinski definition) is 4.